The molecule has 0 fully saturated rings. The molecule has 0 saturated carbocycles. The molecule has 1 N–H and O–H groups in total. The summed E-state index contributed by atoms with van der Waals surface area (Å²) in [6.07, 6.45) is 2.27. The molecule has 2 aliphatic rings. The zero-order chi connectivity index (χ0) is 17.6. The summed E-state index contributed by atoms with van der Waals surface area (Å²) in [4.78, 5) is 7.24. The lowest BCUT2D eigenvalue weighted by Crippen LogP contribution is -2.48. The van der Waals surface area contributed by atoms with Crippen LogP contribution in [0.4, 0.5) is 11.4 Å². The minimum Gasteiger partial charge on any atom is -0.324 e. The van der Waals surface area contributed by atoms with E-state index in [0.29, 0.717) is 0 Å². The van der Waals surface area contributed by atoms with Crippen molar-refractivity contribution in [3.8, 4) is 0 Å². The van der Waals surface area contributed by atoms with Crippen molar-refractivity contribution in [1.82, 2.24) is 0 Å². The fourth-order valence-corrected chi connectivity index (χ4v) is 3.83. The van der Waals surface area contributed by atoms with Crippen molar-refractivity contribution in [1.29, 1.82) is 0 Å². The van der Waals surface area contributed by atoms with Crippen LogP contribution in [0.5, 0.6) is 0 Å². The van der Waals surface area contributed by atoms with Crippen molar-refractivity contribution in [2.75, 3.05) is 10.2 Å². The number of benzene rings is 3. The van der Waals surface area contributed by atoms with Gasteiger partial charge in [0.05, 0.1) is 22.6 Å². The first-order valence-corrected chi connectivity index (χ1v) is 8.84. The van der Waals surface area contributed by atoms with Crippen LogP contribution in [0, 0.1) is 0 Å². The second kappa shape index (κ2) is 5.60. The monoisotopic (exact) mass is 337 g/mol. The third kappa shape index (κ3) is 2.17. The predicted molar refractivity (Wildman–Crippen MR) is 108 cm³/mol. The first-order valence-electron chi connectivity index (χ1n) is 8.84. The van der Waals surface area contributed by atoms with Gasteiger partial charge in [-0.05, 0) is 30.7 Å². The van der Waals surface area contributed by atoms with Crippen LogP contribution < -0.4 is 10.2 Å². The van der Waals surface area contributed by atoms with Crippen molar-refractivity contribution in [2.45, 2.75) is 12.5 Å². The molecule has 2 heterocycles. The topological polar surface area (TPSA) is 27.6 Å². The highest BCUT2D eigenvalue weighted by molar-refractivity contribution is 6.18. The number of rotatable bonds is 2. The highest BCUT2D eigenvalue weighted by atomic mass is 15.4. The molecule has 1 atom stereocenters. The Balaban J connectivity index is 1.74. The highest BCUT2D eigenvalue weighted by Crippen LogP contribution is 2.46. The second-order valence-corrected chi connectivity index (χ2v) is 6.82. The van der Waals surface area contributed by atoms with Gasteiger partial charge in [0, 0.05) is 5.56 Å². The van der Waals surface area contributed by atoms with Gasteiger partial charge in [-0.2, -0.15) is 0 Å². The van der Waals surface area contributed by atoms with Crippen molar-refractivity contribution < 1.29 is 0 Å². The smallest absolute Gasteiger partial charge is 0.209 e. The molecule has 0 amide bonds. The number of nitrogens with zero attached hydrogens (tertiary/aromatic N) is 2. The Bertz CT molecular complexity index is 1020. The van der Waals surface area contributed by atoms with E-state index in [1.807, 2.05) is 6.07 Å². The molecule has 3 aromatic rings. The molecule has 0 aromatic heterocycles. The van der Waals surface area contributed by atoms with Gasteiger partial charge in [0.1, 0.15) is 0 Å². The normalized spacial score (nSPS) is 20.6. The Hall–Kier alpha value is -3.33. The highest BCUT2D eigenvalue weighted by Gasteiger charge is 2.42. The third-order valence-electron chi connectivity index (χ3n) is 5.14. The average molecular weight is 337 g/mol. The summed E-state index contributed by atoms with van der Waals surface area (Å²) < 4.78 is 0. The second-order valence-electron chi connectivity index (χ2n) is 6.82. The van der Waals surface area contributed by atoms with Gasteiger partial charge in [0.25, 0.3) is 0 Å². The average Bonchev–Trinajstić information content (AvgIpc) is 3.08. The van der Waals surface area contributed by atoms with Crippen molar-refractivity contribution in [3.63, 3.8) is 0 Å². The van der Waals surface area contributed by atoms with E-state index in [4.69, 9.17) is 4.99 Å². The molecule has 3 nitrogen and oxygen atoms in total. The van der Waals surface area contributed by atoms with Crippen LogP contribution in [0.15, 0.2) is 96.0 Å². The van der Waals surface area contributed by atoms with Crippen LogP contribution in [0.1, 0.15) is 18.1 Å². The molecule has 5 rings (SSSR count). The third-order valence-corrected chi connectivity index (χ3v) is 5.14. The molecular weight excluding hydrogens is 318 g/mol. The molecular formula is C23H19N3. The van der Waals surface area contributed by atoms with Crippen molar-refractivity contribution >= 4 is 23.0 Å². The van der Waals surface area contributed by atoms with E-state index in [1.165, 1.54) is 5.56 Å². The summed E-state index contributed by atoms with van der Waals surface area (Å²) in [7, 11) is 0. The maximum Gasteiger partial charge on any atom is 0.209 e. The van der Waals surface area contributed by atoms with E-state index in [9.17, 15) is 0 Å². The standard InChI is InChI=1S/C23H19N3/c1-23(18-12-6-3-7-13-18)16-20(17-10-4-2-5-11-17)25-22-24-19-14-8-9-15-21(19)26(22)23/h2-16H,1H3,(H,24,25). The van der Waals surface area contributed by atoms with Gasteiger partial charge in [-0.3, -0.25) is 4.90 Å². The molecule has 2 aliphatic heterocycles. The van der Waals surface area contributed by atoms with E-state index >= 15 is 0 Å². The molecule has 126 valence electrons. The number of anilines is 2. The van der Waals surface area contributed by atoms with Gasteiger partial charge in [-0.1, -0.05) is 72.8 Å². The number of para-hydroxylation sites is 2. The number of aliphatic imine (C=N–C) groups is 1. The van der Waals surface area contributed by atoms with Gasteiger partial charge < -0.3 is 5.32 Å². The molecule has 3 heteroatoms. The molecule has 1 unspecified atom stereocenters. The van der Waals surface area contributed by atoms with Crippen LogP contribution in [-0.2, 0) is 5.54 Å². The van der Waals surface area contributed by atoms with Crippen molar-refractivity contribution in [2.24, 2.45) is 4.99 Å². The lowest BCUT2D eigenvalue weighted by Gasteiger charge is -2.41. The zero-order valence-corrected chi connectivity index (χ0v) is 14.6. The van der Waals surface area contributed by atoms with Gasteiger partial charge in [0.2, 0.25) is 5.96 Å². The van der Waals surface area contributed by atoms with Crippen LogP contribution in [0.25, 0.3) is 5.70 Å². The summed E-state index contributed by atoms with van der Waals surface area (Å²) in [6.45, 7) is 2.25. The van der Waals surface area contributed by atoms with E-state index in [-0.39, 0.29) is 5.54 Å². The van der Waals surface area contributed by atoms with Crippen LogP contribution in [0.3, 0.4) is 0 Å². The molecule has 0 radical (unpaired) electrons. The molecule has 0 aliphatic carbocycles. The lowest BCUT2D eigenvalue weighted by molar-refractivity contribution is 0.617. The number of hydrogen-bond acceptors (Lipinski definition) is 3. The van der Waals surface area contributed by atoms with Crippen LogP contribution >= 0.6 is 0 Å². The van der Waals surface area contributed by atoms with Gasteiger partial charge >= 0.3 is 0 Å². The first-order chi connectivity index (χ1) is 12.8. The quantitative estimate of drug-likeness (QED) is 0.692. The first kappa shape index (κ1) is 15.0. The summed E-state index contributed by atoms with van der Waals surface area (Å²) in [5.41, 5.74) is 5.27. The largest absolute Gasteiger partial charge is 0.324 e. The minimum absolute atomic E-state index is 0.330. The lowest BCUT2D eigenvalue weighted by atomic mass is 9.87. The zero-order valence-electron chi connectivity index (χ0n) is 14.6. The summed E-state index contributed by atoms with van der Waals surface area (Å²) in [5.74, 6) is 0.874. The Morgan fingerprint density at radius 1 is 0.808 bits per heavy atom. The number of fused-ring (bicyclic) bond motifs is 3. The van der Waals surface area contributed by atoms with Crippen molar-refractivity contribution in [3.05, 3.63) is 102 Å². The summed E-state index contributed by atoms with van der Waals surface area (Å²) in [5, 5.41) is 3.50. The fraction of sp³-hybridized carbons (Fsp3) is 0.0870. The predicted octanol–water partition coefficient (Wildman–Crippen LogP) is 5.24. The van der Waals surface area contributed by atoms with E-state index < -0.39 is 0 Å². The Kier molecular flexibility index (Phi) is 3.22. The Morgan fingerprint density at radius 2 is 1.46 bits per heavy atom. The number of hydrogen-bond donors (Lipinski definition) is 1. The SMILES string of the molecule is CC1(c2ccccc2)C=C(c2ccccc2)N=C2Nc3ccccc3N21. The maximum atomic E-state index is 4.94. The van der Waals surface area contributed by atoms with E-state index in [2.05, 4.69) is 102 Å². The fourth-order valence-electron chi connectivity index (χ4n) is 3.83. The van der Waals surface area contributed by atoms with E-state index in [1.54, 1.807) is 0 Å². The molecule has 0 spiro atoms. The van der Waals surface area contributed by atoms with Gasteiger partial charge in [-0.25, -0.2) is 4.99 Å². The minimum atomic E-state index is -0.330. The summed E-state index contributed by atoms with van der Waals surface area (Å²) >= 11 is 0. The molecule has 0 saturated heterocycles. The number of guanidine groups is 1. The molecule has 0 bridgehead atoms. The van der Waals surface area contributed by atoms with Gasteiger partial charge in [0.15, 0.2) is 0 Å². The Morgan fingerprint density at radius 3 is 2.23 bits per heavy atom. The molecule has 26 heavy (non-hydrogen) atoms. The Labute approximate surface area is 153 Å². The maximum absolute atomic E-state index is 4.94. The van der Waals surface area contributed by atoms with Crippen LogP contribution in [-0.4, -0.2) is 5.96 Å². The number of nitrogens with one attached hydrogen (secondary N) is 1. The van der Waals surface area contributed by atoms with Crippen LogP contribution in [0.2, 0.25) is 0 Å². The van der Waals surface area contributed by atoms with E-state index in [0.717, 1.165) is 28.6 Å². The summed E-state index contributed by atoms with van der Waals surface area (Å²) in [6, 6.07) is 29.4. The van der Waals surface area contributed by atoms with Gasteiger partial charge in [-0.15, -0.1) is 0 Å². The molecule has 3 aromatic carbocycles.